The van der Waals surface area contributed by atoms with E-state index in [-0.39, 0.29) is 5.75 Å². The van der Waals surface area contributed by atoms with Crippen molar-refractivity contribution in [3.63, 3.8) is 0 Å². The van der Waals surface area contributed by atoms with E-state index < -0.39 is 17.3 Å². The van der Waals surface area contributed by atoms with Crippen molar-refractivity contribution in [3.8, 4) is 33.9 Å². The number of carbonyl (C=O) groups is 1. The third-order valence-corrected chi connectivity index (χ3v) is 6.98. The number of hydrogen-bond donors (Lipinski definition) is 0. The number of carbonyl (C=O) groups excluding carboxylic acids is 2. The van der Waals surface area contributed by atoms with E-state index in [1.807, 2.05) is 91.0 Å². The SMILES string of the molecule is COC(=O)C(CSCc1ccc(-c2nc(-c3ccccc3)cc(-c3ccccc3)n2)cc1)(N=C=O)OC(C)(C)C. The highest BCUT2D eigenvalue weighted by Gasteiger charge is 2.44. The Hall–Kier alpha value is -4.10. The van der Waals surface area contributed by atoms with Gasteiger partial charge in [0, 0.05) is 22.4 Å². The molecule has 0 aliphatic carbocycles. The molecule has 0 bridgehead atoms. The number of rotatable bonds is 10. The molecule has 0 amide bonds. The van der Waals surface area contributed by atoms with Gasteiger partial charge in [-0.3, -0.25) is 0 Å². The zero-order valence-corrected chi connectivity index (χ0v) is 23.8. The van der Waals surface area contributed by atoms with Gasteiger partial charge in [-0.15, -0.1) is 0 Å². The van der Waals surface area contributed by atoms with Crippen LogP contribution in [0.1, 0.15) is 26.3 Å². The molecule has 0 aliphatic heterocycles. The average molecular weight is 554 g/mol. The molecule has 1 unspecified atom stereocenters. The second kappa shape index (κ2) is 12.8. The van der Waals surface area contributed by atoms with Crippen LogP contribution in [0.15, 0.2) is 96.0 Å². The lowest BCUT2D eigenvalue weighted by molar-refractivity contribution is -0.181. The predicted octanol–water partition coefficient (Wildman–Crippen LogP) is 6.73. The van der Waals surface area contributed by atoms with E-state index in [4.69, 9.17) is 19.4 Å². The van der Waals surface area contributed by atoms with Crippen LogP contribution in [0.3, 0.4) is 0 Å². The second-order valence-electron chi connectivity index (χ2n) is 10.1. The van der Waals surface area contributed by atoms with E-state index in [0.29, 0.717) is 11.6 Å². The molecule has 4 rings (SSSR count). The molecule has 0 aliphatic rings. The highest BCUT2D eigenvalue weighted by atomic mass is 32.2. The lowest BCUT2D eigenvalue weighted by Crippen LogP contribution is -2.48. The number of aliphatic imine (C=N–C) groups is 1. The van der Waals surface area contributed by atoms with E-state index in [1.54, 1.807) is 20.8 Å². The van der Waals surface area contributed by atoms with Gasteiger partial charge in [0.1, 0.15) is 0 Å². The second-order valence-corrected chi connectivity index (χ2v) is 11.1. The number of aromatic nitrogens is 2. The maximum absolute atomic E-state index is 12.6. The monoisotopic (exact) mass is 553 g/mol. The molecule has 0 radical (unpaired) electrons. The van der Waals surface area contributed by atoms with Gasteiger partial charge in [-0.05, 0) is 32.4 Å². The Kier molecular flexibility index (Phi) is 9.27. The topological polar surface area (TPSA) is 90.7 Å². The predicted molar refractivity (Wildman–Crippen MR) is 158 cm³/mol. The van der Waals surface area contributed by atoms with E-state index in [2.05, 4.69) is 4.99 Å². The minimum atomic E-state index is -1.76. The molecule has 0 fully saturated rings. The van der Waals surface area contributed by atoms with Crippen molar-refractivity contribution in [2.45, 2.75) is 37.9 Å². The Morgan fingerprint density at radius 2 is 1.40 bits per heavy atom. The minimum Gasteiger partial charge on any atom is -0.465 e. The van der Waals surface area contributed by atoms with E-state index >= 15 is 0 Å². The fourth-order valence-electron chi connectivity index (χ4n) is 4.12. The summed E-state index contributed by atoms with van der Waals surface area (Å²) in [4.78, 5) is 37.2. The number of isocyanates is 1. The highest BCUT2D eigenvalue weighted by molar-refractivity contribution is 7.98. The lowest BCUT2D eigenvalue weighted by Gasteiger charge is -2.32. The van der Waals surface area contributed by atoms with Gasteiger partial charge >= 0.3 is 5.97 Å². The molecule has 0 spiro atoms. The highest BCUT2D eigenvalue weighted by Crippen LogP contribution is 2.30. The largest absolute Gasteiger partial charge is 0.465 e. The van der Waals surface area contributed by atoms with E-state index in [1.165, 1.54) is 25.0 Å². The average Bonchev–Trinajstić information content (AvgIpc) is 2.97. The molecule has 40 heavy (non-hydrogen) atoms. The van der Waals surface area contributed by atoms with Crippen LogP contribution in [0.25, 0.3) is 33.9 Å². The molecule has 0 saturated heterocycles. The maximum atomic E-state index is 12.6. The molecule has 0 N–H and O–H groups in total. The summed E-state index contributed by atoms with van der Waals surface area (Å²) in [5.41, 5.74) is 3.12. The first-order chi connectivity index (χ1) is 19.2. The van der Waals surface area contributed by atoms with E-state index in [0.717, 1.165) is 33.6 Å². The van der Waals surface area contributed by atoms with Gasteiger partial charge in [-0.1, -0.05) is 84.9 Å². The Balaban J connectivity index is 1.57. The van der Waals surface area contributed by atoms with Crippen molar-refractivity contribution in [2.75, 3.05) is 12.9 Å². The van der Waals surface area contributed by atoms with Crippen LogP contribution < -0.4 is 0 Å². The number of thioether (sulfide) groups is 1. The Morgan fingerprint density at radius 1 is 0.850 bits per heavy atom. The molecule has 1 heterocycles. The fraction of sp³-hybridized carbons (Fsp3) is 0.250. The molecule has 7 nitrogen and oxygen atoms in total. The summed E-state index contributed by atoms with van der Waals surface area (Å²) in [7, 11) is 1.24. The first-order valence-corrected chi connectivity index (χ1v) is 13.9. The van der Waals surface area contributed by atoms with Gasteiger partial charge in [-0.2, -0.15) is 16.8 Å². The van der Waals surface area contributed by atoms with E-state index in [9.17, 15) is 9.59 Å². The molecule has 8 heteroatoms. The molecular formula is C32H31N3O4S. The van der Waals surface area contributed by atoms with Crippen LogP contribution in [0.4, 0.5) is 0 Å². The first-order valence-electron chi connectivity index (χ1n) is 12.8. The minimum absolute atomic E-state index is 0.0939. The van der Waals surface area contributed by atoms with Crippen molar-refractivity contribution in [1.82, 2.24) is 9.97 Å². The van der Waals surface area contributed by atoms with Crippen LogP contribution in [0, 0.1) is 0 Å². The standard InChI is InChI=1S/C32H31N3O4S/c1-31(2,3)39-32(33-22-36,30(37)38-4)21-40-20-23-15-17-26(18-16-23)29-34-27(24-11-7-5-8-12-24)19-28(35-29)25-13-9-6-10-14-25/h5-19H,20-21H2,1-4H3. The molecule has 4 aromatic rings. The van der Waals surface area contributed by atoms with Crippen molar-refractivity contribution in [2.24, 2.45) is 4.99 Å². The van der Waals surface area contributed by atoms with Gasteiger partial charge in [0.15, 0.2) is 5.82 Å². The summed E-state index contributed by atoms with van der Waals surface area (Å²) in [6.45, 7) is 5.35. The first kappa shape index (κ1) is 28.9. The van der Waals surface area contributed by atoms with Gasteiger partial charge in [0.25, 0.3) is 5.72 Å². The maximum Gasteiger partial charge on any atom is 0.363 e. The van der Waals surface area contributed by atoms with Crippen LogP contribution in [0.2, 0.25) is 0 Å². The van der Waals surface area contributed by atoms with Gasteiger partial charge in [0.2, 0.25) is 6.08 Å². The number of benzene rings is 3. The van der Waals surface area contributed by atoms with Crippen LogP contribution in [-0.4, -0.2) is 46.2 Å². The molecular weight excluding hydrogens is 522 g/mol. The fourth-order valence-corrected chi connectivity index (χ4v) is 5.17. The zero-order valence-electron chi connectivity index (χ0n) is 23.0. The van der Waals surface area contributed by atoms with Crippen molar-refractivity contribution in [3.05, 3.63) is 96.6 Å². The van der Waals surface area contributed by atoms with Crippen LogP contribution >= 0.6 is 11.8 Å². The van der Waals surface area contributed by atoms with Gasteiger partial charge < -0.3 is 9.47 Å². The number of hydrogen-bond acceptors (Lipinski definition) is 8. The smallest absolute Gasteiger partial charge is 0.363 e. The van der Waals surface area contributed by atoms with Crippen molar-refractivity contribution >= 4 is 23.8 Å². The van der Waals surface area contributed by atoms with Crippen molar-refractivity contribution in [1.29, 1.82) is 0 Å². The summed E-state index contributed by atoms with van der Waals surface area (Å²) < 4.78 is 10.8. The summed E-state index contributed by atoms with van der Waals surface area (Å²) in [6, 6.07) is 30.0. The molecule has 1 aromatic heterocycles. The van der Waals surface area contributed by atoms with Gasteiger partial charge in [-0.25, -0.2) is 19.6 Å². The lowest BCUT2D eigenvalue weighted by atomic mass is 10.1. The number of nitrogens with zero attached hydrogens (tertiary/aromatic N) is 3. The zero-order chi connectivity index (χ0) is 28.6. The molecule has 204 valence electrons. The summed E-state index contributed by atoms with van der Waals surface area (Å²) in [5, 5.41) is 0. The Morgan fingerprint density at radius 3 is 1.88 bits per heavy atom. The Labute approximate surface area is 238 Å². The third kappa shape index (κ3) is 7.30. The van der Waals surface area contributed by atoms with Gasteiger partial charge in [0.05, 0.1) is 29.9 Å². The number of methoxy groups -OCH3 is 1. The molecule has 1 atom stereocenters. The summed E-state index contributed by atoms with van der Waals surface area (Å²) >= 11 is 1.41. The normalized spacial score (nSPS) is 12.7. The van der Waals surface area contributed by atoms with Crippen LogP contribution in [0.5, 0.6) is 0 Å². The molecule has 0 saturated carbocycles. The third-order valence-electron chi connectivity index (χ3n) is 5.85. The summed E-state index contributed by atoms with van der Waals surface area (Å²) in [6.07, 6.45) is 1.48. The quantitative estimate of drug-likeness (QED) is 0.122. The number of esters is 1. The number of ether oxygens (including phenoxy) is 2. The van der Waals surface area contributed by atoms with Crippen molar-refractivity contribution < 1.29 is 19.1 Å². The van der Waals surface area contributed by atoms with Crippen LogP contribution in [-0.2, 0) is 24.8 Å². The molecule has 3 aromatic carbocycles. The Bertz CT molecular complexity index is 1420. The summed E-state index contributed by atoms with van der Waals surface area (Å²) in [5.74, 6) is 0.541.